The van der Waals surface area contributed by atoms with Gasteiger partial charge in [-0.1, -0.05) is 30.3 Å². The lowest BCUT2D eigenvalue weighted by Gasteiger charge is -2.17. The third-order valence-corrected chi connectivity index (χ3v) is 3.34. The molecular formula is C16H15N5O. The van der Waals surface area contributed by atoms with Crippen molar-refractivity contribution < 1.29 is 4.79 Å². The first-order chi connectivity index (χ1) is 10.7. The summed E-state index contributed by atoms with van der Waals surface area (Å²) in [5.41, 5.74) is 2.55. The Morgan fingerprint density at radius 2 is 1.82 bits per heavy atom. The SMILES string of the molecule is CN(Cc1ccccc1)C(=O)c1ccc(-n2cnnn2)cc1. The summed E-state index contributed by atoms with van der Waals surface area (Å²) in [5, 5.41) is 11.0. The van der Waals surface area contributed by atoms with Crippen molar-refractivity contribution in [3.8, 4) is 5.69 Å². The zero-order valence-corrected chi connectivity index (χ0v) is 12.1. The molecule has 6 heteroatoms. The molecule has 0 aliphatic carbocycles. The van der Waals surface area contributed by atoms with E-state index in [4.69, 9.17) is 0 Å². The summed E-state index contributed by atoms with van der Waals surface area (Å²) in [6, 6.07) is 17.1. The van der Waals surface area contributed by atoms with E-state index in [-0.39, 0.29) is 5.91 Å². The summed E-state index contributed by atoms with van der Waals surface area (Å²) in [6.07, 6.45) is 1.51. The number of tetrazole rings is 1. The van der Waals surface area contributed by atoms with Crippen LogP contribution < -0.4 is 0 Å². The van der Waals surface area contributed by atoms with E-state index in [2.05, 4.69) is 15.5 Å². The van der Waals surface area contributed by atoms with Crippen LogP contribution in [0.1, 0.15) is 15.9 Å². The van der Waals surface area contributed by atoms with Crippen LogP contribution in [0.15, 0.2) is 60.9 Å². The number of rotatable bonds is 4. The third-order valence-electron chi connectivity index (χ3n) is 3.34. The molecule has 0 N–H and O–H groups in total. The van der Waals surface area contributed by atoms with Crippen LogP contribution in [0.25, 0.3) is 5.69 Å². The van der Waals surface area contributed by atoms with Crippen molar-refractivity contribution in [3.05, 3.63) is 72.1 Å². The highest BCUT2D eigenvalue weighted by molar-refractivity contribution is 5.94. The molecule has 1 aromatic heterocycles. The maximum absolute atomic E-state index is 12.4. The van der Waals surface area contributed by atoms with Crippen LogP contribution in [0, 0.1) is 0 Å². The van der Waals surface area contributed by atoms with Gasteiger partial charge in [0, 0.05) is 19.2 Å². The van der Waals surface area contributed by atoms with E-state index in [0.29, 0.717) is 12.1 Å². The van der Waals surface area contributed by atoms with Gasteiger partial charge in [0.1, 0.15) is 6.33 Å². The number of carbonyl (C=O) groups excluding carboxylic acids is 1. The first-order valence-electron chi connectivity index (χ1n) is 6.87. The predicted octanol–water partition coefficient (Wildman–Crippen LogP) is 1.93. The Labute approximate surface area is 128 Å². The Morgan fingerprint density at radius 1 is 1.09 bits per heavy atom. The van der Waals surface area contributed by atoms with Gasteiger partial charge in [0.2, 0.25) is 0 Å². The van der Waals surface area contributed by atoms with Gasteiger partial charge >= 0.3 is 0 Å². The highest BCUT2D eigenvalue weighted by Crippen LogP contribution is 2.11. The van der Waals surface area contributed by atoms with Crippen molar-refractivity contribution in [2.45, 2.75) is 6.54 Å². The minimum Gasteiger partial charge on any atom is -0.337 e. The van der Waals surface area contributed by atoms with Gasteiger partial charge in [0.05, 0.1) is 5.69 Å². The number of hydrogen-bond donors (Lipinski definition) is 0. The molecule has 1 amide bonds. The second kappa shape index (κ2) is 6.17. The molecule has 3 aromatic rings. The summed E-state index contributed by atoms with van der Waals surface area (Å²) in [5.74, 6) is -0.0212. The van der Waals surface area contributed by atoms with E-state index in [0.717, 1.165) is 11.3 Å². The molecule has 0 saturated heterocycles. The standard InChI is InChI=1S/C16H15N5O/c1-20(11-13-5-3-2-4-6-13)16(22)14-7-9-15(10-8-14)21-12-17-18-19-21/h2-10,12H,11H2,1H3. The van der Waals surface area contributed by atoms with Gasteiger partial charge in [-0.2, -0.15) is 0 Å². The molecule has 0 atom stereocenters. The summed E-state index contributed by atoms with van der Waals surface area (Å²) in [4.78, 5) is 14.1. The highest BCUT2D eigenvalue weighted by atomic mass is 16.2. The Hall–Kier alpha value is -3.02. The van der Waals surface area contributed by atoms with Gasteiger partial charge in [0.15, 0.2) is 0 Å². The average Bonchev–Trinajstić information content (AvgIpc) is 3.10. The largest absolute Gasteiger partial charge is 0.337 e. The molecule has 0 aliphatic rings. The Kier molecular flexibility index (Phi) is 3.91. The lowest BCUT2D eigenvalue weighted by Crippen LogP contribution is -2.26. The maximum Gasteiger partial charge on any atom is 0.253 e. The molecular weight excluding hydrogens is 278 g/mol. The number of nitrogens with zero attached hydrogens (tertiary/aromatic N) is 5. The van der Waals surface area contributed by atoms with Gasteiger partial charge in [-0.05, 0) is 40.3 Å². The van der Waals surface area contributed by atoms with Gasteiger partial charge in [-0.15, -0.1) is 5.10 Å². The summed E-state index contributed by atoms with van der Waals surface area (Å²) in [6.45, 7) is 0.578. The quantitative estimate of drug-likeness (QED) is 0.737. The van der Waals surface area contributed by atoms with E-state index >= 15 is 0 Å². The van der Waals surface area contributed by atoms with Gasteiger partial charge in [0.25, 0.3) is 5.91 Å². The van der Waals surface area contributed by atoms with E-state index in [1.54, 1.807) is 28.8 Å². The van der Waals surface area contributed by atoms with Crippen LogP contribution in [0.4, 0.5) is 0 Å². The first kappa shape index (κ1) is 13.9. The molecule has 0 bridgehead atoms. The minimum absolute atomic E-state index is 0.0212. The molecule has 0 spiro atoms. The van der Waals surface area contributed by atoms with Gasteiger partial charge < -0.3 is 4.90 Å². The van der Waals surface area contributed by atoms with E-state index in [9.17, 15) is 4.79 Å². The van der Waals surface area contributed by atoms with Crippen LogP contribution in [-0.4, -0.2) is 38.1 Å². The lowest BCUT2D eigenvalue weighted by atomic mass is 10.1. The van der Waals surface area contributed by atoms with Crippen LogP contribution in [0.3, 0.4) is 0 Å². The lowest BCUT2D eigenvalue weighted by molar-refractivity contribution is 0.0785. The normalized spacial score (nSPS) is 10.4. The van der Waals surface area contributed by atoms with Crippen molar-refractivity contribution in [1.29, 1.82) is 0 Å². The molecule has 1 heterocycles. The number of carbonyl (C=O) groups is 1. The van der Waals surface area contributed by atoms with Crippen LogP contribution in [0.5, 0.6) is 0 Å². The fourth-order valence-electron chi connectivity index (χ4n) is 2.19. The Balaban J connectivity index is 1.72. The molecule has 6 nitrogen and oxygen atoms in total. The highest BCUT2D eigenvalue weighted by Gasteiger charge is 2.12. The number of aromatic nitrogens is 4. The Bertz CT molecular complexity index is 738. The van der Waals surface area contributed by atoms with E-state index < -0.39 is 0 Å². The molecule has 0 saturated carbocycles. The van der Waals surface area contributed by atoms with Crippen molar-refractivity contribution in [3.63, 3.8) is 0 Å². The molecule has 0 unspecified atom stereocenters. The molecule has 3 rings (SSSR count). The number of amides is 1. The second-order valence-electron chi connectivity index (χ2n) is 4.95. The third kappa shape index (κ3) is 3.01. The fourth-order valence-corrected chi connectivity index (χ4v) is 2.19. The molecule has 0 aliphatic heterocycles. The fraction of sp³-hybridized carbons (Fsp3) is 0.125. The van der Waals surface area contributed by atoms with E-state index in [1.165, 1.54) is 6.33 Å². The number of hydrogen-bond acceptors (Lipinski definition) is 4. The molecule has 0 fully saturated rings. The Morgan fingerprint density at radius 3 is 2.45 bits per heavy atom. The second-order valence-corrected chi connectivity index (χ2v) is 4.95. The predicted molar refractivity (Wildman–Crippen MR) is 81.4 cm³/mol. The smallest absolute Gasteiger partial charge is 0.253 e. The molecule has 2 aromatic carbocycles. The number of benzene rings is 2. The van der Waals surface area contributed by atoms with Crippen molar-refractivity contribution in [1.82, 2.24) is 25.1 Å². The minimum atomic E-state index is -0.0212. The first-order valence-corrected chi connectivity index (χ1v) is 6.87. The van der Waals surface area contributed by atoms with Gasteiger partial charge in [-0.3, -0.25) is 4.79 Å². The van der Waals surface area contributed by atoms with E-state index in [1.807, 2.05) is 42.5 Å². The van der Waals surface area contributed by atoms with Crippen LogP contribution in [-0.2, 0) is 6.54 Å². The molecule has 110 valence electrons. The summed E-state index contributed by atoms with van der Waals surface area (Å²) < 4.78 is 1.54. The maximum atomic E-state index is 12.4. The topological polar surface area (TPSA) is 63.9 Å². The summed E-state index contributed by atoms with van der Waals surface area (Å²) in [7, 11) is 1.80. The average molecular weight is 293 g/mol. The van der Waals surface area contributed by atoms with Crippen molar-refractivity contribution >= 4 is 5.91 Å². The molecule has 0 radical (unpaired) electrons. The zero-order valence-electron chi connectivity index (χ0n) is 12.1. The summed E-state index contributed by atoms with van der Waals surface area (Å²) >= 11 is 0. The van der Waals surface area contributed by atoms with Crippen molar-refractivity contribution in [2.24, 2.45) is 0 Å². The van der Waals surface area contributed by atoms with Crippen LogP contribution >= 0.6 is 0 Å². The van der Waals surface area contributed by atoms with Crippen LogP contribution in [0.2, 0.25) is 0 Å². The monoisotopic (exact) mass is 293 g/mol. The van der Waals surface area contributed by atoms with Crippen molar-refractivity contribution in [2.75, 3.05) is 7.05 Å². The van der Waals surface area contributed by atoms with Gasteiger partial charge in [-0.25, -0.2) is 4.68 Å². The zero-order chi connectivity index (χ0) is 15.4. The molecule has 22 heavy (non-hydrogen) atoms.